The van der Waals surface area contributed by atoms with Crippen molar-refractivity contribution in [3.63, 3.8) is 0 Å². The molecule has 2 aromatic carbocycles. The number of hydrogen-bond donors (Lipinski definition) is 2. The number of ether oxygens (including phenoxy) is 1. The third kappa shape index (κ3) is 2.56. The topological polar surface area (TPSA) is 53.7 Å². The highest BCUT2D eigenvalue weighted by Gasteiger charge is 2.09. The van der Waals surface area contributed by atoms with Gasteiger partial charge < -0.3 is 4.74 Å². The van der Waals surface area contributed by atoms with Gasteiger partial charge in [0, 0.05) is 0 Å². The van der Waals surface area contributed by atoms with Crippen molar-refractivity contribution in [1.29, 1.82) is 0 Å². The van der Waals surface area contributed by atoms with Gasteiger partial charge in [0.25, 0.3) is 0 Å². The van der Waals surface area contributed by atoms with E-state index in [1.165, 1.54) is 0 Å². The Labute approximate surface area is 115 Å². The summed E-state index contributed by atoms with van der Waals surface area (Å²) in [4.78, 5) is 4.21. The van der Waals surface area contributed by atoms with Gasteiger partial charge in [0.1, 0.15) is 11.5 Å². The van der Waals surface area contributed by atoms with Crippen molar-refractivity contribution < 1.29 is 4.74 Å². The lowest BCUT2D eigenvalue weighted by Gasteiger charge is -2.08. The van der Waals surface area contributed by atoms with Crippen molar-refractivity contribution in [2.24, 2.45) is 0 Å². The number of benzene rings is 2. The second-order valence-electron chi connectivity index (χ2n) is 3.93. The monoisotopic (exact) mass is 269 g/mol. The quantitative estimate of drug-likeness (QED) is 0.708. The third-order valence-corrected chi connectivity index (χ3v) is 2.81. The zero-order valence-corrected chi connectivity index (χ0v) is 10.8. The molecular formula is C14H11N3OS. The molecule has 0 aliphatic carbocycles. The van der Waals surface area contributed by atoms with E-state index in [0.29, 0.717) is 10.6 Å². The number of rotatable bonds is 3. The molecule has 19 heavy (non-hydrogen) atoms. The minimum atomic E-state index is 0.421. The van der Waals surface area contributed by atoms with Crippen LogP contribution in [0.5, 0.6) is 11.5 Å². The van der Waals surface area contributed by atoms with E-state index in [-0.39, 0.29) is 0 Å². The van der Waals surface area contributed by atoms with Gasteiger partial charge in [-0.05, 0) is 36.5 Å². The molecular weight excluding hydrogens is 258 g/mol. The van der Waals surface area contributed by atoms with Gasteiger partial charge in [0.05, 0.1) is 5.56 Å². The van der Waals surface area contributed by atoms with Crippen molar-refractivity contribution >= 4 is 12.2 Å². The summed E-state index contributed by atoms with van der Waals surface area (Å²) in [7, 11) is 0. The molecule has 0 fully saturated rings. The maximum atomic E-state index is 5.87. The lowest BCUT2D eigenvalue weighted by atomic mass is 10.2. The number of para-hydroxylation sites is 2. The minimum Gasteiger partial charge on any atom is -0.457 e. The summed E-state index contributed by atoms with van der Waals surface area (Å²) in [6, 6.07) is 17.3. The third-order valence-electron chi connectivity index (χ3n) is 2.61. The van der Waals surface area contributed by atoms with E-state index in [4.69, 9.17) is 17.0 Å². The van der Waals surface area contributed by atoms with Crippen LogP contribution in [-0.2, 0) is 0 Å². The SMILES string of the molecule is S=c1nc(-c2ccccc2Oc2ccccc2)[nH][nH]1. The second kappa shape index (κ2) is 5.07. The van der Waals surface area contributed by atoms with E-state index in [2.05, 4.69) is 15.2 Å². The van der Waals surface area contributed by atoms with Crippen molar-refractivity contribution in [2.45, 2.75) is 0 Å². The summed E-state index contributed by atoms with van der Waals surface area (Å²) in [5.74, 6) is 2.17. The molecule has 3 aromatic rings. The molecule has 0 saturated carbocycles. The van der Waals surface area contributed by atoms with Gasteiger partial charge in [0.2, 0.25) is 4.77 Å². The lowest BCUT2D eigenvalue weighted by molar-refractivity contribution is 0.484. The normalized spacial score (nSPS) is 10.3. The first-order valence-electron chi connectivity index (χ1n) is 5.80. The van der Waals surface area contributed by atoms with E-state index in [1.54, 1.807) is 0 Å². The van der Waals surface area contributed by atoms with Gasteiger partial charge in [-0.1, -0.05) is 30.3 Å². The zero-order valence-electron chi connectivity index (χ0n) is 9.96. The average Bonchev–Trinajstić information content (AvgIpc) is 2.87. The Bertz CT molecular complexity index is 733. The molecule has 2 N–H and O–H groups in total. The lowest BCUT2D eigenvalue weighted by Crippen LogP contribution is -1.89. The Hall–Kier alpha value is -2.40. The van der Waals surface area contributed by atoms with Crippen LogP contribution in [-0.4, -0.2) is 15.2 Å². The fourth-order valence-electron chi connectivity index (χ4n) is 1.76. The van der Waals surface area contributed by atoms with Crippen LogP contribution in [0, 0.1) is 4.77 Å². The largest absolute Gasteiger partial charge is 0.457 e. The number of nitrogens with zero attached hydrogens (tertiary/aromatic N) is 1. The number of aromatic nitrogens is 3. The first kappa shape index (κ1) is 11.7. The molecule has 0 bridgehead atoms. The van der Waals surface area contributed by atoms with Crippen molar-refractivity contribution in [2.75, 3.05) is 0 Å². The van der Waals surface area contributed by atoms with E-state index in [0.717, 1.165) is 17.1 Å². The Morgan fingerprint density at radius 3 is 2.37 bits per heavy atom. The van der Waals surface area contributed by atoms with Crippen LogP contribution >= 0.6 is 12.2 Å². The molecule has 1 heterocycles. The van der Waals surface area contributed by atoms with Crippen LogP contribution in [0.1, 0.15) is 0 Å². The number of nitrogens with one attached hydrogen (secondary N) is 2. The van der Waals surface area contributed by atoms with E-state index >= 15 is 0 Å². The summed E-state index contributed by atoms with van der Waals surface area (Å²) < 4.78 is 6.29. The summed E-state index contributed by atoms with van der Waals surface area (Å²) >= 11 is 4.97. The van der Waals surface area contributed by atoms with Gasteiger partial charge in [0.15, 0.2) is 5.82 Å². The molecule has 0 aliphatic heterocycles. The van der Waals surface area contributed by atoms with Gasteiger partial charge in [-0.25, -0.2) is 0 Å². The summed E-state index contributed by atoms with van der Waals surface area (Å²) in [5.41, 5.74) is 0.860. The Morgan fingerprint density at radius 2 is 1.63 bits per heavy atom. The highest BCUT2D eigenvalue weighted by atomic mass is 32.1. The van der Waals surface area contributed by atoms with Gasteiger partial charge in [-0.2, -0.15) is 4.98 Å². The van der Waals surface area contributed by atoms with Crippen molar-refractivity contribution in [3.05, 3.63) is 59.4 Å². The summed E-state index contributed by atoms with van der Waals surface area (Å²) in [5, 5.41) is 5.71. The molecule has 0 radical (unpaired) electrons. The van der Waals surface area contributed by atoms with Crippen LogP contribution in [0.3, 0.4) is 0 Å². The summed E-state index contributed by atoms with van der Waals surface area (Å²) in [6.45, 7) is 0. The smallest absolute Gasteiger partial charge is 0.213 e. The number of H-pyrrole nitrogens is 2. The molecule has 3 rings (SSSR count). The maximum absolute atomic E-state index is 5.87. The number of hydrogen-bond acceptors (Lipinski definition) is 3. The molecule has 0 unspecified atom stereocenters. The molecule has 0 saturated heterocycles. The second-order valence-corrected chi connectivity index (χ2v) is 4.31. The molecule has 4 nitrogen and oxygen atoms in total. The highest BCUT2D eigenvalue weighted by molar-refractivity contribution is 7.71. The van der Waals surface area contributed by atoms with Crippen molar-refractivity contribution in [3.8, 4) is 22.9 Å². The summed E-state index contributed by atoms with van der Waals surface area (Å²) in [6.07, 6.45) is 0. The zero-order chi connectivity index (χ0) is 13.1. The number of aromatic amines is 2. The Morgan fingerprint density at radius 1 is 0.895 bits per heavy atom. The van der Waals surface area contributed by atoms with E-state index in [9.17, 15) is 0 Å². The van der Waals surface area contributed by atoms with Gasteiger partial charge >= 0.3 is 0 Å². The van der Waals surface area contributed by atoms with Crippen LogP contribution in [0.2, 0.25) is 0 Å². The molecule has 0 spiro atoms. The minimum absolute atomic E-state index is 0.421. The molecule has 1 aromatic heterocycles. The molecule has 0 amide bonds. The van der Waals surface area contributed by atoms with E-state index in [1.807, 2.05) is 54.6 Å². The average molecular weight is 269 g/mol. The van der Waals surface area contributed by atoms with Crippen LogP contribution in [0.4, 0.5) is 0 Å². The Balaban J connectivity index is 2.00. The molecule has 0 atom stereocenters. The molecule has 94 valence electrons. The first-order valence-corrected chi connectivity index (χ1v) is 6.21. The fraction of sp³-hybridized carbons (Fsp3) is 0. The van der Waals surface area contributed by atoms with Crippen LogP contribution in [0.15, 0.2) is 54.6 Å². The van der Waals surface area contributed by atoms with Crippen molar-refractivity contribution in [1.82, 2.24) is 15.2 Å². The first-order chi connectivity index (χ1) is 9.33. The predicted octanol–water partition coefficient (Wildman–Crippen LogP) is 3.93. The Kier molecular flexibility index (Phi) is 3.12. The van der Waals surface area contributed by atoms with Crippen LogP contribution < -0.4 is 4.74 Å². The maximum Gasteiger partial charge on any atom is 0.213 e. The highest BCUT2D eigenvalue weighted by Crippen LogP contribution is 2.30. The van der Waals surface area contributed by atoms with Gasteiger partial charge in [-0.15, -0.1) is 0 Å². The standard InChI is InChI=1S/C14H11N3OS/c19-14-15-13(16-17-14)11-8-4-5-9-12(11)18-10-6-2-1-3-7-10/h1-9H,(H2,15,16,17,19). The fourth-order valence-corrected chi connectivity index (χ4v) is 1.91. The van der Waals surface area contributed by atoms with E-state index < -0.39 is 0 Å². The van der Waals surface area contributed by atoms with Gasteiger partial charge in [-0.3, -0.25) is 10.2 Å². The predicted molar refractivity (Wildman–Crippen MR) is 75.7 cm³/mol. The van der Waals surface area contributed by atoms with Crippen LogP contribution in [0.25, 0.3) is 11.4 Å². The molecule has 5 heteroatoms. The molecule has 0 aliphatic rings.